The highest BCUT2D eigenvalue weighted by Gasteiger charge is 2.16. The highest BCUT2D eigenvalue weighted by atomic mass is 16.4. The summed E-state index contributed by atoms with van der Waals surface area (Å²) in [6, 6.07) is 0. The van der Waals surface area contributed by atoms with E-state index in [2.05, 4.69) is 20.9 Å². The van der Waals surface area contributed by atoms with Crippen LogP contribution in [0.4, 0.5) is 0 Å². The lowest BCUT2D eigenvalue weighted by Crippen LogP contribution is -2.32. The van der Waals surface area contributed by atoms with Gasteiger partial charge in [0.15, 0.2) is 0 Å². The molecule has 0 atom stereocenters. The third kappa shape index (κ3) is 4.61. The molecule has 2 heterocycles. The second kappa shape index (κ2) is 6.99. The van der Waals surface area contributed by atoms with Crippen molar-refractivity contribution in [2.24, 2.45) is 5.92 Å². The molecule has 0 saturated carbocycles. The fourth-order valence-corrected chi connectivity index (χ4v) is 2.24. The Bertz CT molecular complexity index is 467. The summed E-state index contributed by atoms with van der Waals surface area (Å²) in [5.41, 5.74) is 0.560. The molecule has 1 aromatic heterocycles. The number of nitrogens with zero attached hydrogens (tertiary/aromatic N) is 3. The van der Waals surface area contributed by atoms with Crippen LogP contribution in [-0.4, -0.2) is 45.1 Å². The van der Waals surface area contributed by atoms with Crippen molar-refractivity contribution in [3.8, 4) is 0 Å². The average Bonchev–Trinajstić information content (AvgIpc) is 2.84. The molecule has 1 amide bonds. The predicted octanol–water partition coefficient (Wildman–Crippen LogP) is -0.631. The van der Waals surface area contributed by atoms with Gasteiger partial charge in [0.2, 0.25) is 5.91 Å². The SMILES string of the molecule is O=C(O)Cn1cc(CNC(=O)CC2CCNCC2)nn1. The van der Waals surface area contributed by atoms with Gasteiger partial charge in [-0.05, 0) is 31.8 Å². The molecule has 1 aliphatic heterocycles. The maximum absolute atomic E-state index is 11.8. The Morgan fingerprint density at radius 3 is 2.90 bits per heavy atom. The number of nitrogens with one attached hydrogen (secondary N) is 2. The number of amides is 1. The molecule has 8 heteroatoms. The summed E-state index contributed by atoms with van der Waals surface area (Å²) in [7, 11) is 0. The normalized spacial score (nSPS) is 16.0. The van der Waals surface area contributed by atoms with Crippen LogP contribution in [0.1, 0.15) is 25.0 Å². The van der Waals surface area contributed by atoms with E-state index in [1.165, 1.54) is 10.9 Å². The van der Waals surface area contributed by atoms with E-state index in [0.717, 1.165) is 25.9 Å². The van der Waals surface area contributed by atoms with Gasteiger partial charge in [-0.25, -0.2) is 4.68 Å². The first-order valence-corrected chi connectivity index (χ1v) is 6.71. The molecule has 1 saturated heterocycles. The topological polar surface area (TPSA) is 109 Å². The zero-order chi connectivity index (χ0) is 14.4. The highest BCUT2D eigenvalue weighted by Crippen LogP contribution is 2.15. The van der Waals surface area contributed by atoms with E-state index in [-0.39, 0.29) is 19.0 Å². The lowest BCUT2D eigenvalue weighted by atomic mass is 9.94. The van der Waals surface area contributed by atoms with Crippen molar-refractivity contribution in [2.75, 3.05) is 13.1 Å². The van der Waals surface area contributed by atoms with Crippen LogP contribution in [0.2, 0.25) is 0 Å². The van der Waals surface area contributed by atoms with Gasteiger partial charge in [0.05, 0.1) is 12.7 Å². The van der Waals surface area contributed by atoms with Crippen LogP contribution in [0.25, 0.3) is 0 Å². The molecule has 0 aliphatic carbocycles. The molecule has 2 rings (SSSR count). The van der Waals surface area contributed by atoms with Crippen LogP contribution in [0.3, 0.4) is 0 Å². The van der Waals surface area contributed by atoms with E-state index in [9.17, 15) is 9.59 Å². The largest absolute Gasteiger partial charge is 0.480 e. The van der Waals surface area contributed by atoms with Crippen molar-refractivity contribution in [3.05, 3.63) is 11.9 Å². The molecule has 1 aliphatic rings. The summed E-state index contributed by atoms with van der Waals surface area (Å²) in [4.78, 5) is 22.3. The number of hydrogen-bond acceptors (Lipinski definition) is 5. The third-order valence-corrected chi connectivity index (χ3v) is 3.28. The van der Waals surface area contributed by atoms with E-state index in [0.29, 0.717) is 18.0 Å². The Balaban J connectivity index is 1.72. The van der Waals surface area contributed by atoms with Crippen molar-refractivity contribution in [1.82, 2.24) is 25.6 Å². The molecular weight excluding hydrogens is 262 g/mol. The monoisotopic (exact) mass is 281 g/mol. The van der Waals surface area contributed by atoms with Gasteiger partial charge in [-0.2, -0.15) is 0 Å². The third-order valence-electron chi connectivity index (χ3n) is 3.28. The fourth-order valence-electron chi connectivity index (χ4n) is 2.24. The Hall–Kier alpha value is -1.96. The Morgan fingerprint density at radius 1 is 1.45 bits per heavy atom. The second-order valence-corrected chi connectivity index (χ2v) is 4.98. The molecule has 0 radical (unpaired) electrons. The van der Waals surface area contributed by atoms with E-state index in [1.54, 1.807) is 0 Å². The average molecular weight is 281 g/mol. The quantitative estimate of drug-likeness (QED) is 0.640. The minimum absolute atomic E-state index is 0.00434. The van der Waals surface area contributed by atoms with Gasteiger partial charge in [-0.15, -0.1) is 5.10 Å². The van der Waals surface area contributed by atoms with Crippen LogP contribution in [0, 0.1) is 5.92 Å². The van der Waals surface area contributed by atoms with E-state index >= 15 is 0 Å². The van der Waals surface area contributed by atoms with Crippen LogP contribution in [0.5, 0.6) is 0 Å². The van der Waals surface area contributed by atoms with Crippen LogP contribution in [-0.2, 0) is 22.7 Å². The van der Waals surface area contributed by atoms with Crippen molar-refractivity contribution in [3.63, 3.8) is 0 Å². The van der Waals surface area contributed by atoms with E-state index in [4.69, 9.17) is 5.11 Å². The second-order valence-electron chi connectivity index (χ2n) is 4.98. The number of carboxylic acid groups (broad SMARTS) is 1. The van der Waals surface area contributed by atoms with Crippen molar-refractivity contribution >= 4 is 11.9 Å². The molecule has 0 unspecified atom stereocenters. The number of aliphatic carboxylic acids is 1. The molecule has 8 nitrogen and oxygen atoms in total. The highest BCUT2D eigenvalue weighted by molar-refractivity contribution is 5.76. The van der Waals surface area contributed by atoms with E-state index in [1.807, 2.05) is 0 Å². The summed E-state index contributed by atoms with van der Waals surface area (Å²) in [5, 5.41) is 22.2. The van der Waals surface area contributed by atoms with Gasteiger partial charge in [-0.1, -0.05) is 5.21 Å². The molecule has 110 valence electrons. The number of aromatic nitrogens is 3. The first-order valence-electron chi connectivity index (χ1n) is 6.71. The first kappa shape index (κ1) is 14.4. The first-order chi connectivity index (χ1) is 9.63. The number of carbonyl (C=O) groups excluding carboxylic acids is 1. The van der Waals surface area contributed by atoms with E-state index < -0.39 is 5.97 Å². The maximum Gasteiger partial charge on any atom is 0.325 e. The predicted molar refractivity (Wildman–Crippen MR) is 69.7 cm³/mol. The van der Waals surface area contributed by atoms with Crippen molar-refractivity contribution in [1.29, 1.82) is 0 Å². The standard InChI is InChI=1S/C12H19N5O3/c18-11(5-9-1-3-13-4-2-9)14-6-10-7-17(16-15-10)8-12(19)20/h7,9,13H,1-6,8H2,(H,14,18)(H,19,20). The van der Waals surface area contributed by atoms with Crippen LogP contribution >= 0.6 is 0 Å². The summed E-state index contributed by atoms with van der Waals surface area (Å²) >= 11 is 0. The number of rotatable bonds is 6. The van der Waals surface area contributed by atoms with Crippen molar-refractivity contribution in [2.45, 2.75) is 32.4 Å². The minimum atomic E-state index is -0.976. The zero-order valence-electron chi connectivity index (χ0n) is 11.2. The fraction of sp³-hybridized carbons (Fsp3) is 0.667. The molecule has 0 spiro atoms. The Labute approximate surface area is 116 Å². The lowest BCUT2D eigenvalue weighted by molar-refractivity contribution is -0.138. The molecular formula is C12H19N5O3. The number of carbonyl (C=O) groups is 2. The van der Waals surface area contributed by atoms with Gasteiger partial charge < -0.3 is 15.7 Å². The van der Waals surface area contributed by atoms with Gasteiger partial charge >= 0.3 is 5.97 Å². The summed E-state index contributed by atoms with van der Waals surface area (Å²) in [6.07, 6.45) is 4.12. The molecule has 1 fully saturated rings. The smallest absolute Gasteiger partial charge is 0.325 e. The van der Waals surface area contributed by atoms with Gasteiger partial charge in [0, 0.05) is 6.42 Å². The summed E-state index contributed by atoms with van der Waals surface area (Å²) < 4.78 is 1.23. The molecule has 0 aromatic carbocycles. The summed E-state index contributed by atoms with van der Waals surface area (Å²) in [5.74, 6) is -0.528. The molecule has 3 N–H and O–H groups in total. The lowest BCUT2D eigenvalue weighted by Gasteiger charge is -2.21. The van der Waals surface area contributed by atoms with Gasteiger partial charge in [0.1, 0.15) is 12.2 Å². The summed E-state index contributed by atoms with van der Waals surface area (Å²) in [6.45, 7) is 2.00. The molecule has 1 aromatic rings. The Kier molecular flexibility index (Phi) is 5.05. The van der Waals surface area contributed by atoms with Crippen LogP contribution in [0.15, 0.2) is 6.20 Å². The Morgan fingerprint density at radius 2 is 2.20 bits per heavy atom. The molecule has 20 heavy (non-hydrogen) atoms. The zero-order valence-corrected chi connectivity index (χ0v) is 11.2. The van der Waals surface area contributed by atoms with Gasteiger partial charge in [0.25, 0.3) is 0 Å². The minimum Gasteiger partial charge on any atom is -0.480 e. The number of carboxylic acids is 1. The molecule has 0 bridgehead atoms. The number of piperidine rings is 1. The number of hydrogen-bond donors (Lipinski definition) is 3. The maximum atomic E-state index is 11.8. The van der Waals surface area contributed by atoms with Crippen LogP contribution < -0.4 is 10.6 Å². The van der Waals surface area contributed by atoms with Crippen molar-refractivity contribution < 1.29 is 14.7 Å². The van der Waals surface area contributed by atoms with Gasteiger partial charge in [-0.3, -0.25) is 9.59 Å².